The maximum Gasteiger partial charge on any atom is 0.147 e. The number of fused-ring (bicyclic) bond motifs is 1. The van der Waals surface area contributed by atoms with E-state index in [1.165, 1.54) is 12.8 Å². The number of aliphatic hydroxyl groups excluding tert-OH is 1. The predicted molar refractivity (Wildman–Crippen MR) is 58.6 cm³/mol. The van der Waals surface area contributed by atoms with E-state index >= 15 is 0 Å². The van der Waals surface area contributed by atoms with Gasteiger partial charge in [-0.1, -0.05) is 6.42 Å². The van der Waals surface area contributed by atoms with Crippen LogP contribution in [0.3, 0.4) is 0 Å². The first-order valence-electron chi connectivity index (χ1n) is 6.10. The minimum Gasteiger partial charge on any atom is -0.393 e. The van der Waals surface area contributed by atoms with E-state index in [1.54, 1.807) is 6.33 Å². The van der Waals surface area contributed by atoms with Crippen LogP contribution in [0.25, 0.3) is 0 Å². The minimum atomic E-state index is -0.0835. The fraction of sp³-hybridized carbons (Fsp3) is 0.818. The highest BCUT2D eigenvalue weighted by Crippen LogP contribution is 2.27. The lowest BCUT2D eigenvalue weighted by molar-refractivity contribution is 0.0914. The molecule has 0 saturated heterocycles. The van der Waals surface area contributed by atoms with Crippen molar-refractivity contribution in [3.05, 3.63) is 12.2 Å². The van der Waals surface area contributed by atoms with Crippen molar-refractivity contribution in [2.75, 3.05) is 13.1 Å². The molecule has 16 heavy (non-hydrogen) atoms. The lowest BCUT2D eigenvalue weighted by Crippen LogP contribution is -2.38. The molecule has 1 fully saturated rings. The number of aliphatic hydroxyl groups is 1. The van der Waals surface area contributed by atoms with Gasteiger partial charge in [-0.3, -0.25) is 4.90 Å². The van der Waals surface area contributed by atoms with Crippen LogP contribution in [0, 0.1) is 5.92 Å². The lowest BCUT2D eigenvalue weighted by atomic mass is 10.1. The van der Waals surface area contributed by atoms with Crippen LogP contribution >= 0.6 is 0 Å². The summed E-state index contributed by atoms with van der Waals surface area (Å²) in [5.41, 5.74) is 0. The lowest BCUT2D eigenvalue weighted by Gasteiger charge is -2.30. The van der Waals surface area contributed by atoms with Crippen molar-refractivity contribution in [1.82, 2.24) is 19.7 Å². The van der Waals surface area contributed by atoms with Gasteiger partial charge in [-0.05, 0) is 18.8 Å². The van der Waals surface area contributed by atoms with Gasteiger partial charge in [0.05, 0.1) is 12.6 Å². The van der Waals surface area contributed by atoms with E-state index in [1.807, 2.05) is 0 Å². The number of rotatable bonds is 2. The monoisotopic (exact) mass is 222 g/mol. The summed E-state index contributed by atoms with van der Waals surface area (Å²) in [5, 5.41) is 17.8. The summed E-state index contributed by atoms with van der Waals surface area (Å²) in [6.07, 6.45) is 5.05. The molecule has 1 N–H and O–H groups in total. The standard InChI is InChI=1S/C11H18N4O/c16-10-3-1-2-9(10)6-14-4-5-15-8-12-13-11(15)7-14/h8-10,16H,1-7H2. The Hall–Kier alpha value is -0.940. The van der Waals surface area contributed by atoms with Gasteiger partial charge in [-0.2, -0.15) is 0 Å². The third-order valence-corrected chi connectivity index (χ3v) is 3.83. The number of nitrogens with zero attached hydrogens (tertiary/aromatic N) is 4. The van der Waals surface area contributed by atoms with Crippen molar-refractivity contribution in [1.29, 1.82) is 0 Å². The first-order valence-corrected chi connectivity index (χ1v) is 6.10. The van der Waals surface area contributed by atoms with E-state index in [0.29, 0.717) is 5.92 Å². The van der Waals surface area contributed by atoms with Crippen molar-refractivity contribution < 1.29 is 5.11 Å². The first kappa shape index (κ1) is 10.2. The molecule has 5 heteroatoms. The molecular weight excluding hydrogens is 204 g/mol. The van der Waals surface area contributed by atoms with Crippen molar-refractivity contribution in [2.24, 2.45) is 5.92 Å². The fourth-order valence-electron chi connectivity index (χ4n) is 2.83. The molecule has 1 aliphatic heterocycles. The summed E-state index contributed by atoms with van der Waals surface area (Å²) in [4.78, 5) is 2.39. The first-order chi connectivity index (χ1) is 7.83. The Kier molecular flexibility index (Phi) is 2.65. The quantitative estimate of drug-likeness (QED) is 0.779. The van der Waals surface area contributed by atoms with Gasteiger partial charge >= 0.3 is 0 Å². The molecule has 1 saturated carbocycles. The molecule has 2 atom stereocenters. The highest BCUT2D eigenvalue weighted by atomic mass is 16.3. The summed E-state index contributed by atoms with van der Waals surface area (Å²) in [5.74, 6) is 1.52. The molecule has 1 aliphatic carbocycles. The van der Waals surface area contributed by atoms with Crippen LogP contribution in [0.5, 0.6) is 0 Å². The molecule has 1 aromatic heterocycles. The Labute approximate surface area is 95.1 Å². The second-order valence-corrected chi connectivity index (χ2v) is 4.93. The van der Waals surface area contributed by atoms with E-state index in [0.717, 1.165) is 38.4 Å². The SMILES string of the molecule is OC1CCCC1CN1CCn2cnnc2C1. The number of hydrogen-bond acceptors (Lipinski definition) is 4. The molecule has 0 aromatic carbocycles. The molecule has 0 amide bonds. The van der Waals surface area contributed by atoms with Crippen molar-refractivity contribution in [3.8, 4) is 0 Å². The van der Waals surface area contributed by atoms with E-state index in [2.05, 4.69) is 19.7 Å². The second kappa shape index (κ2) is 4.14. The van der Waals surface area contributed by atoms with Gasteiger partial charge in [0.25, 0.3) is 0 Å². The second-order valence-electron chi connectivity index (χ2n) is 4.93. The third-order valence-electron chi connectivity index (χ3n) is 3.83. The van der Waals surface area contributed by atoms with Crippen molar-refractivity contribution in [2.45, 2.75) is 38.5 Å². The van der Waals surface area contributed by atoms with Gasteiger partial charge in [-0.25, -0.2) is 0 Å². The molecule has 1 aromatic rings. The Morgan fingerprint density at radius 1 is 1.38 bits per heavy atom. The predicted octanol–water partition coefficient (Wildman–Crippen LogP) is 0.255. The van der Waals surface area contributed by atoms with Crippen LogP contribution in [-0.4, -0.2) is 44.0 Å². The summed E-state index contributed by atoms with van der Waals surface area (Å²) in [7, 11) is 0. The Morgan fingerprint density at radius 3 is 3.12 bits per heavy atom. The molecule has 2 aliphatic rings. The molecule has 3 rings (SSSR count). The van der Waals surface area contributed by atoms with Crippen LogP contribution in [0.4, 0.5) is 0 Å². The minimum absolute atomic E-state index is 0.0835. The van der Waals surface area contributed by atoms with Gasteiger partial charge in [0.2, 0.25) is 0 Å². The van der Waals surface area contributed by atoms with Crippen molar-refractivity contribution in [3.63, 3.8) is 0 Å². The summed E-state index contributed by atoms with van der Waals surface area (Å²) < 4.78 is 2.11. The molecular formula is C11H18N4O. The van der Waals surface area contributed by atoms with E-state index < -0.39 is 0 Å². The zero-order valence-electron chi connectivity index (χ0n) is 9.42. The van der Waals surface area contributed by atoms with Gasteiger partial charge in [0.1, 0.15) is 12.2 Å². The van der Waals surface area contributed by atoms with Gasteiger partial charge < -0.3 is 9.67 Å². The zero-order chi connectivity index (χ0) is 11.0. The molecule has 2 unspecified atom stereocenters. The summed E-state index contributed by atoms with van der Waals surface area (Å²) >= 11 is 0. The Morgan fingerprint density at radius 2 is 2.31 bits per heavy atom. The Bertz CT molecular complexity index is 365. The van der Waals surface area contributed by atoms with Crippen LogP contribution in [0.15, 0.2) is 6.33 Å². The molecule has 88 valence electrons. The van der Waals surface area contributed by atoms with Gasteiger partial charge in [0, 0.05) is 19.6 Å². The molecule has 0 radical (unpaired) electrons. The summed E-state index contributed by atoms with van der Waals surface area (Å²) in [6, 6.07) is 0. The van der Waals surface area contributed by atoms with Crippen LogP contribution in [0.1, 0.15) is 25.1 Å². The topological polar surface area (TPSA) is 54.2 Å². The smallest absolute Gasteiger partial charge is 0.147 e. The van der Waals surface area contributed by atoms with Crippen molar-refractivity contribution >= 4 is 0 Å². The van der Waals surface area contributed by atoms with Crippen LogP contribution in [-0.2, 0) is 13.1 Å². The van der Waals surface area contributed by atoms with E-state index in [4.69, 9.17) is 0 Å². The van der Waals surface area contributed by atoms with Crippen LogP contribution in [0.2, 0.25) is 0 Å². The maximum absolute atomic E-state index is 9.82. The highest BCUT2D eigenvalue weighted by molar-refractivity contribution is 4.91. The molecule has 5 nitrogen and oxygen atoms in total. The maximum atomic E-state index is 9.82. The third kappa shape index (κ3) is 1.85. The average molecular weight is 222 g/mol. The van der Waals surface area contributed by atoms with Crippen LogP contribution < -0.4 is 0 Å². The molecule has 0 spiro atoms. The number of hydrogen-bond donors (Lipinski definition) is 1. The molecule has 0 bridgehead atoms. The Balaban J connectivity index is 1.61. The fourth-order valence-corrected chi connectivity index (χ4v) is 2.83. The van der Waals surface area contributed by atoms with E-state index in [-0.39, 0.29) is 6.10 Å². The van der Waals surface area contributed by atoms with E-state index in [9.17, 15) is 5.11 Å². The average Bonchev–Trinajstić information content (AvgIpc) is 2.88. The zero-order valence-corrected chi connectivity index (χ0v) is 9.42. The normalized spacial score (nSPS) is 30.6. The van der Waals surface area contributed by atoms with Gasteiger partial charge in [-0.15, -0.1) is 10.2 Å². The number of aromatic nitrogens is 3. The highest BCUT2D eigenvalue weighted by Gasteiger charge is 2.28. The summed E-state index contributed by atoms with van der Waals surface area (Å²) in [6.45, 7) is 3.91. The largest absolute Gasteiger partial charge is 0.393 e. The molecule has 2 heterocycles. The van der Waals surface area contributed by atoms with Gasteiger partial charge in [0.15, 0.2) is 0 Å².